The summed E-state index contributed by atoms with van der Waals surface area (Å²) < 4.78 is 25.3. The van der Waals surface area contributed by atoms with Crippen molar-refractivity contribution in [3.63, 3.8) is 0 Å². The van der Waals surface area contributed by atoms with E-state index in [-0.39, 0.29) is 5.25 Å². The molecule has 15 heavy (non-hydrogen) atoms. The molecule has 1 aromatic carbocycles. The highest BCUT2D eigenvalue weighted by atomic mass is 32.2. The molecule has 2 aromatic rings. The van der Waals surface area contributed by atoms with Crippen LogP contribution in [0.3, 0.4) is 0 Å². The van der Waals surface area contributed by atoms with E-state index in [1.54, 1.807) is 6.07 Å². The van der Waals surface area contributed by atoms with Gasteiger partial charge in [0.05, 0.1) is 16.3 Å². The summed E-state index contributed by atoms with van der Waals surface area (Å²) in [4.78, 5) is 4.08. The average molecular weight is 222 g/mol. The third-order valence-corrected chi connectivity index (χ3v) is 4.79. The first kappa shape index (κ1) is 8.91. The Morgan fingerprint density at radius 1 is 1.27 bits per heavy atom. The molecule has 0 saturated heterocycles. The van der Waals surface area contributed by atoms with Crippen molar-refractivity contribution in [2.45, 2.75) is 18.1 Å². The molecule has 4 nitrogen and oxygen atoms in total. The maximum absolute atomic E-state index is 12.0. The largest absolute Gasteiger partial charge is 0.243 e. The van der Waals surface area contributed by atoms with Crippen molar-refractivity contribution in [1.82, 2.24) is 8.96 Å². The van der Waals surface area contributed by atoms with Gasteiger partial charge < -0.3 is 0 Å². The fourth-order valence-electron chi connectivity index (χ4n) is 1.67. The number of aromatic nitrogens is 2. The number of hydrogen-bond acceptors (Lipinski definition) is 3. The van der Waals surface area contributed by atoms with E-state index >= 15 is 0 Å². The predicted molar refractivity (Wildman–Crippen MR) is 57.1 cm³/mol. The van der Waals surface area contributed by atoms with Crippen LogP contribution in [0, 0.1) is 0 Å². The minimum Gasteiger partial charge on any atom is -0.236 e. The van der Waals surface area contributed by atoms with Crippen LogP contribution in [0.25, 0.3) is 11.0 Å². The Labute approximate surface area is 87.6 Å². The SMILES string of the molecule is O=S(=O)(C1CC1)n1cnc2ccccc21. The van der Waals surface area contributed by atoms with Crippen molar-refractivity contribution in [3.05, 3.63) is 30.6 Å². The number of hydrogen-bond donors (Lipinski definition) is 0. The minimum atomic E-state index is -3.19. The molecule has 1 heterocycles. The number of imidazole rings is 1. The smallest absolute Gasteiger partial charge is 0.236 e. The highest BCUT2D eigenvalue weighted by molar-refractivity contribution is 7.91. The Bertz CT molecular complexity index is 611. The van der Waals surface area contributed by atoms with Gasteiger partial charge in [-0.3, -0.25) is 0 Å². The van der Waals surface area contributed by atoms with Gasteiger partial charge >= 0.3 is 0 Å². The zero-order valence-electron chi connectivity index (χ0n) is 8.00. The molecule has 0 N–H and O–H groups in total. The van der Waals surface area contributed by atoms with Crippen molar-refractivity contribution in [1.29, 1.82) is 0 Å². The number of nitrogens with zero attached hydrogens (tertiary/aromatic N) is 2. The normalized spacial score (nSPS) is 17.1. The van der Waals surface area contributed by atoms with E-state index in [4.69, 9.17) is 0 Å². The van der Waals surface area contributed by atoms with Crippen molar-refractivity contribution in [3.8, 4) is 0 Å². The number of para-hydroxylation sites is 2. The predicted octanol–water partition coefficient (Wildman–Crippen LogP) is 1.38. The van der Waals surface area contributed by atoms with E-state index in [1.165, 1.54) is 10.3 Å². The van der Waals surface area contributed by atoms with Gasteiger partial charge in [0.1, 0.15) is 6.33 Å². The van der Waals surface area contributed by atoms with Crippen LogP contribution in [0.2, 0.25) is 0 Å². The summed E-state index contributed by atoms with van der Waals surface area (Å²) in [7, 11) is -3.19. The molecule has 0 amide bonds. The molecular weight excluding hydrogens is 212 g/mol. The van der Waals surface area contributed by atoms with Gasteiger partial charge in [-0.1, -0.05) is 12.1 Å². The van der Waals surface area contributed by atoms with Crippen LogP contribution in [-0.4, -0.2) is 22.6 Å². The first-order valence-electron chi connectivity index (χ1n) is 4.86. The van der Waals surface area contributed by atoms with Crippen molar-refractivity contribution < 1.29 is 8.42 Å². The number of fused-ring (bicyclic) bond motifs is 1. The summed E-state index contributed by atoms with van der Waals surface area (Å²) in [6.45, 7) is 0. The lowest BCUT2D eigenvalue weighted by Gasteiger charge is -2.03. The van der Waals surface area contributed by atoms with Crippen molar-refractivity contribution in [2.75, 3.05) is 0 Å². The highest BCUT2D eigenvalue weighted by Crippen LogP contribution is 2.31. The molecule has 1 aromatic heterocycles. The summed E-state index contributed by atoms with van der Waals surface area (Å²) in [5.74, 6) is 0. The first-order chi connectivity index (χ1) is 7.19. The molecule has 0 atom stereocenters. The quantitative estimate of drug-likeness (QED) is 0.771. The lowest BCUT2D eigenvalue weighted by atomic mass is 10.3. The van der Waals surface area contributed by atoms with Gasteiger partial charge in [0.2, 0.25) is 10.0 Å². The minimum absolute atomic E-state index is 0.199. The summed E-state index contributed by atoms with van der Waals surface area (Å²) >= 11 is 0. The van der Waals surface area contributed by atoms with Crippen LogP contribution >= 0.6 is 0 Å². The molecule has 0 aliphatic heterocycles. The summed E-state index contributed by atoms with van der Waals surface area (Å²) in [6.07, 6.45) is 2.95. The van der Waals surface area contributed by atoms with E-state index in [0.717, 1.165) is 18.4 Å². The molecule has 3 rings (SSSR count). The van der Waals surface area contributed by atoms with Crippen LogP contribution in [0.15, 0.2) is 30.6 Å². The van der Waals surface area contributed by atoms with E-state index < -0.39 is 10.0 Å². The van der Waals surface area contributed by atoms with Gasteiger partial charge in [0, 0.05) is 0 Å². The van der Waals surface area contributed by atoms with E-state index in [0.29, 0.717) is 5.52 Å². The van der Waals surface area contributed by atoms with Crippen molar-refractivity contribution in [2.24, 2.45) is 0 Å². The van der Waals surface area contributed by atoms with Crippen LogP contribution in [-0.2, 0) is 10.0 Å². The zero-order valence-corrected chi connectivity index (χ0v) is 8.81. The van der Waals surface area contributed by atoms with E-state index in [2.05, 4.69) is 4.98 Å². The number of benzene rings is 1. The third-order valence-electron chi connectivity index (χ3n) is 2.64. The molecule has 1 aliphatic rings. The number of rotatable bonds is 2. The molecule has 5 heteroatoms. The summed E-state index contributed by atoms with van der Waals surface area (Å²) in [5, 5.41) is -0.199. The molecule has 0 radical (unpaired) electrons. The van der Waals surface area contributed by atoms with Gasteiger partial charge in [-0.05, 0) is 25.0 Å². The Morgan fingerprint density at radius 2 is 2.00 bits per heavy atom. The molecular formula is C10H10N2O2S. The second kappa shape index (κ2) is 2.82. The molecule has 1 fully saturated rings. The second-order valence-corrected chi connectivity index (χ2v) is 5.86. The molecule has 0 spiro atoms. The highest BCUT2D eigenvalue weighted by Gasteiger charge is 2.37. The van der Waals surface area contributed by atoms with E-state index in [1.807, 2.05) is 18.2 Å². The fourth-order valence-corrected chi connectivity index (χ4v) is 3.33. The van der Waals surface area contributed by atoms with Gasteiger partial charge in [-0.25, -0.2) is 17.4 Å². The first-order valence-corrected chi connectivity index (χ1v) is 6.36. The lowest BCUT2D eigenvalue weighted by molar-refractivity contribution is 0.587. The van der Waals surface area contributed by atoms with E-state index in [9.17, 15) is 8.42 Å². The molecule has 0 bridgehead atoms. The Balaban J connectivity index is 2.27. The topological polar surface area (TPSA) is 52.0 Å². The second-order valence-electron chi connectivity index (χ2n) is 3.77. The Hall–Kier alpha value is -1.36. The standard InChI is InChI=1S/C10H10N2O2S/c13-15(14,8-5-6-8)12-7-11-9-3-1-2-4-10(9)12/h1-4,7-8H,5-6H2. The summed E-state index contributed by atoms with van der Waals surface area (Å²) in [5.41, 5.74) is 1.39. The maximum atomic E-state index is 12.0. The van der Waals surface area contributed by atoms with Crippen LogP contribution in [0.5, 0.6) is 0 Å². The molecule has 78 valence electrons. The van der Waals surface area contributed by atoms with Gasteiger partial charge in [-0.2, -0.15) is 0 Å². The molecule has 1 saturated carbocycles. The van der Waals surface area contributed by atoms with Crippen LogP contribution < -0.4 is 0 Å². The Morgan fingerprint density at radius 3 is 2.73 bits per heavy atom. The lowest BCUT2D eigenvalue weighted by Crippen LogP contribution is -2.16. The Kier molecular flexibility index (Phi) is 1.68. The van der Waals surface area contributed by atoms with Crippen LogP contribution in [0.1, 0.15) is 12.8 Å². The average Bonchev–Trinajstić information content (AvgIpc) is 2.98. The molecule has 0 unspecified atom stereocenters. The maximum Gasteiger partial charge on any atom is 0.243 e. The molecule has 1 aliphatic carbocycles. The van der Waals surface area contributed by atoms with Gasteiger partial charge in [-0.15, -0.1) is 0 Å². The third kappa shape index (κ3) is 1.26. The van der Waals surface area contributed by atoms with Crippen molar-refractivity contribution >= 4 is 21.1 Å². The van der Waals surface area contributed by atoms with Gasteiger partial charge in [0.25, 0.3) is 0 Å². The van der Waals surface area contributed by atoms with Crippen LogP contribution in [0.4, 0.5) is 0 Å². The zero-order chi connectivity index (χ0) is 10.5. The fraction of sp³-hybridized carbons (Fsp3) is 0.300. The monoisotopic (exact) mass is 222 g/mol. The van der Waals surface area contributed by atoms with Gasteiger partial charge in [0.15, 0.2) is 0 Å². The summed E-state index contributed by atoms with van der Waals surface area (Å²) in [6, 6.07) is 7.27.